The van der Waals surface area contributed by atoms with Crippen LogP contribution in [0, 0.1) is 11.7 Å². The summed E-state index contributed by atoms with van der Waals surface area (Å²) < 4.78 is 45.5. The van der Waals surface area contributed by atoms with Gasteiger partial charge in [0.1, 0.15) is 11.5 Å². The number of hydrogen-bond donors (Lipinski definition) is 1. The molecule has 1 aliphatic rings. The fourth-order valence-electron chi connectivity index (χ4n) is 3.43. The minimum absolute atomic E-state index is 0.0901. The lowest BCUT2D eigenvalue weighted by Gasteiger charge is -2.13. The minimum Gasteiger partial charge on any atom is -0.390 e. The third-order valence-electron chi connectivity index (χ3n) is 5.18. The first-order chi connectivity index (χ1) is 15.3. The summed E-state index contributed by atoms with van der Waals surface area (Å²) in [7, 11) is 0. The number of nitrogens with zero attached hydrogens (tertiary/aromatic N) is 3. The number of carbonyl (C=O) groups excluding carboxylic acids is 1. The van der Waals surface area contributed by atoms with Crippen molar-refractivity contribution < 1.29 is 27.8 Å². The molecule has 0 bridgehead atoms. The van der Waals surface area contributed by atoms with E-state index in [0.29, 0.717) is 0 Å². The van der Waals surface area contributed by atoms with Crippen LogP contribution < -0.4 is 5.56 Å². The van der Waals surface area contributed by atoms with E-state index in [1.165, 1.54) is 30.3 Å². The van der Waals surface area contributed by atoms with Gasteiger partial charge in [0, 0.05) is 24.1 Å². The summed E-state index contributed by atoms with van der Waals surface area (Å²) in [6.07, 6.45) is -2.55. The summed E-state index contributed by atoms with van der Waals surface area (Å²) in [5.74, 6) is -1.62. The third-order valence-corrected chi connectivity index (χ3v) is 5.18. The number of pyridine rings is 1. The first-order valence-electron chi connectivity index (χ1n) is 9.77. The van der Waals surface area contributed by atoms with Crippen molar-refractivity contribution in [1.29, 1.82) is 0 Å². The molecular formula is C22H18F3N3O4. The summed E-state index contributed by atoms with van der Waals surface area (Å²) in [5.41, 5.74) is -0.927. The van der Waals surface area contributed by atoms with Crippen LogP contribution in [0.3, 0.4) is 0 Å². The molecule has 3 heterocycles. The van der Waals surface area contributed by atoms with E-state index in [4.69, 9.17) is 4.74 Å². The fourth-order valence-corrected chi connectivity index (χ4v) is 3.43. The molecular weight excluding hydrogens is 427 g/mol. The second-order valence-corrected chi connectivity index (χ2v) is 7.40. The average molecular weight is 445 g/mol. The molecule has 3 aromatic rings. The Morgan fingerprint density at radius 1 is 1.22 bits per heavy atom. The van der Waals surface area contributed by atoms with Gasteiger partial charge >= 0.3 is 0 Å². The number of ketones is 1. The molecule has 166 valence electrons. The first kappa shape index (κ1) is 21.8. The van der Waals surface area contributed by atoms with Crippen molar-refractivity contribution >= 4 is 5.78 Å². The lowest BCUT2D eigenvalue weighted by atomic mass is 9.96. The van der Waals surface area contributed by atoms with Crippen molar-refractivity contribution in [3.63, 3.8) is 0 Å². The molecule has 0 saturated carbocycles. The molecule has 32 heavy (non-hydrogen) atoms. The molecule has 1 aliphatic heterocycles. The lowest BCUT2D eigenvalue weighted by molar-refractivity contribution is 0.0888. The van der Waals surface area contributed by atoms with E-state index in [9.17, 15) is 27.9 Å². The molecule has 2 aromatic heterocycles. The molecule has 0 amide bonds. The van der Waals surface area contributed by atoms with E-state index in [0.717, 1.165) is 23.0 Å². The van der Waals surface area contributed by atoms with E-state index in [1.54, 1.807) is 0 Å². The first-order valence-corrected chi connectivity index (χ1v) is 9.77. The van der Waals surface area contributed by atoms with Gasteiger partial charge in [0.2, 0.25) is 0 Å². The number of aliphatic hydroxyl groups excluding tert-OH is 1. The predicted octanol–water partition coefficient (Wildman–Crippen LogP) is 2.95. The number of aliphatic hydroxyl groups is 1. The van der Waals surface area contributed by atoms with Gasteiger partial charge in [-0.1, -0.05) is 6.07 Å². The largest absolute Gasteiger partial charge is 0.390 e. The lowest BCUT2D eigenvalue weighted by Crippen LogP contribution is -2.30. The second kappa shape index (κ2) is 9.01. The number of alkyl halides is 2. The quantitative estimate of drug-likeness (QED) is 0.587. The van der Waals surface area contributed by atoms with Crippen LogP contribution in [0.5, 0.6) is 0 Å². The SMILES string of the molecule is O=C(C[C@H]1COC[C@H]1O)c1cc(-c2ccc(C(F)F)nc2)nn(-c2cccc(F)c2)c1=O. The zero-order chi connectivity index (χ0) is 22.8. The zero-order valence-electron chi connectivity index (χ0n) is 16.6. The Labute approximate surface area is 180 Å². The van der Waals surface area contributed by atoms with Crippen LogP contribution in [-0.2, 0) is 4.74 Å². The molecule has 4 rings (SSSR count). The summed E-state index contributed by atoms with van der Waals surface area (Å²) in [6, 6.07) is 8.83. The van der Waals surface area contributed by atoms with E-state index in [-0.39, 0.29) is 42.1 Å². The number of benzene rings is 1. The molecule has 1 N–H and O–H groups in total. The maximum Gasteiger partial charge on any atom is 0.282 e. The average Bonchev–Trinajstić information content (AvgIpc) is 3.18. The molecule has 10 heteroatoms. The van der Waals surface area contributed by atoms with Gasteiger partial charge < -0.3 is 9.84 Å². The number of rotatable bonds is 6. The van der Waals surface area contributed by atoms with Crippen molar-refractivity contribution in [1.82, 2.24) is 14.8 Å². The topological polar surface area (TPSA) is 94.3 Å². The normalized spacial score (nSPS) is 18.3. The summed E-state index contributed by atoms with van der Waals surface area (Å²) in [5, 5.41) is 14.1. The highest BCUT2D eigenvalue weighted by Crippen LogP contribution is 2.23. The molecule has 0 unspecified atom stereocenters. The van der Waals surface area contributed by atoms with Gasteiger partial charge in [-0.3, -0.25) is 14.6 Å². The molecule has 1 saturated heterocycles. The highest BCUT2D eigenvalue weighted by molar-refractivity contribution is 5.96. The Morgan fingerprint density at radius 3 is 2.66 bits per heavy atom. The number of ether oxygens (including phenoxy) is 1. The Morgan fingerprint density at radius 2 is 2.03 bits per heavy atom. The second-order valence-electron chi connectivity index (χ2n) is 7.40. The van der Waals surface area contributed by atoms with E-state index >= 15 is 0 Å². The van der Waals surface area contributed by atoms with Crippen molar-refractivity contribution in [2.45, 2.75) is 19.0 Å². The Bertz CT molecular complexity index is 1200. The zero-order valence-corrected chi connectivity index (χ0v) is 16.6. The van der Waals surface area contributed by atoms with Crippen molar-refractivity contribution in [2.24, 2.45) is 5.92 Å². The Hall–Kier alpha value is -3.37. The third kappa shape index (κ3) is 4.46. The van der Waals surface area contributed by atoms with Gasteiger partial charge in [0.05, 0.1) is 36.3 Å². The summed E-state index contributed by atoms with van der Waals surface area (Å²) in [4.78, 5) is 29.7. The Kier molecular flexibility index (Phi) is 6.15. The van der Waals surface area contributed by atoms with Crippen molar-refractivity contribution in [3.05, 3.63) is 76.1 Å². The number of hydrogen-bond acceptors (Lipinski definition) is 6. The van der Waals surface area contributed by atoms with Crippen molar-refractivity contribution in [3.8, 4) is 16.9 Å². The number of halogens is 3. The molecule has 0 radical (unpaired) electrons. The highest BCUT2D eigenvalue weighted by atomic mass is 19.3. The predicted molar refractivity (Wildman–Crippen MR) is 107 cm³/mol. The fraction of sp³-hybridized carbons (Fsp3) is 0.273. The number of aromatic nitrogens is 3. The highest BCUT2D eigenvalue weighted by Gasteiger charge is 2.30. The monoisotopic (exact) mass is 445 g/mol. The van der Waals surface area contributed by atoms with Gasteiger partial charge in [-0.25, -0.2) is 13.2 Å². The summed E-state index contributed by atoms with van der Waals surface area (Å²) in [6.45, 7) is 0.289. The summed E-state index contributed by atoms with van der Waals surface area (Å²) >= 11 is 0. The maximum absolute atomic E-state index is 13.8. The molecule has 7 nitrogen and oxygen atoms in total. The maximum atomic E-state index is 13.8. The van der Waals surface area contributed by atoms with Crippen LogP contribution in [0.15, 0.2) is 53.5 Å². The van der Waals surface area contributed by atoms with Crippen LogP contribution in [0.4, 0.5) is 13.2 Å². The number of Topliss-reactive ketones (excluding diaryl/α,β-unsaturated/α-hetero) is 1. The number of carbonyl (C=O) groups is 1. The standard InChI is InChI=1S/C22H18F3N3O4/c23-14-2-1-3-15(7-14)28-22(31)16(19(29)6-13-10-32-11-20(13)30)8-18(27-28)12-4-5-17(21(24)25)26-9-12/h1-5,7-9,13,20-21,30H,6,10-11H2/t13-,20+/m0/s1. The van der Waals surface area contributed by atoms with Crippen LogP contribution in [0.2, 0.25) is 0 Å². The van der Waals surface area contributed by atoms with Crippen LogP contribution in [-0.4, -0.2) is 45.0 Å². The van der Waals surface area contributed by atoms with Gasteiger partial charge in [0.15, 0.2) is 5.78 Å². The van der Waals surface area contributed by atoms with Gasteiger partial charge in [-0.2, -0.15) is 9.78 Å². The van der Waals surface area contributed by atoms with Crippen LogP contribution in [0.25, 0.3) is 16.9 Å². The van der Waals surface area contributed by atoms with Gasteiger partial charge in [-0.15, -0.1) is 0 Å². The smallest absolute Gasteiger partial charge is 0.282 e. The Balaban J connectivity index is 1.81. The molecule has 1 aromatic carbocycles. The van der Waals surface area contributed by atoms with Crippen LogP contribution in [0.1, 0.15) is 28.9 Å². The molecule has 0 spiro atoms. The van der Waals surface area contributed by atoms with Gasteiger partial charge in [0.25, 0.3) is 12.0 Å². The molecule has 1 fully saturated rings. The molecule has 0 aliphatic carbocycles. The van der Waals surface area contributed by atoms with Crippen molar-refractivity contribution in [2.75, 3.05) is 13.2 Å². The van der Waals surface area contributed by atoms with E-state index in [1.807, 2.05) is 0 Å². The minimum atomic E-state index is -2.75. The van der Waals surface area contributed by atoms with Gasteiger partial charge in [-0.05, 0) is 36.4 Å². The van der Waals surface area contributed by atoms with E-state index in [2.05, 4.69) is 10.1 Å². The molecule has 2 atom stereocenters. The van der Waals surface area contributed by atoms with Crippen LogP contribution >= 0.6 is 0 Å². The van der Waals surface area contributed by atoms with E-state index < -0.39 is 41.3 Å².